The summed E-state index contributed by atoms with van der Waals surface area (Å²) in [6.45, 7) is 0. The van der Waals surface area contributed by atoms with E-state index in [4.69, 9.17) is 4.66 Å². The van der Waals surface area contributed by atoms with Crippen LogP contribution in [0.15, 0.2) is 0 Å². The van der Waals surface area contributed by atoms with Crippen LogP contribution in [-0.2, 0) is 0 Å². The molecule has 3 nitrogen and oxygen atoms in total. The Hall–Kier alpha value is 0.702. The molecule has 0 atom stereocenters. The summed E-state index contributed by atoms with van der Waals surface area (Å²) in [5, 5.41) is 0. The van der Waals surface area contributed by atoms with E-state index in [9.17, 15) is 0 Å². The second-order valence-corrected chi connectivity index (χ2v) is 0. The minimum Gasteiger partial charge on any atom is -0.412 e. The van der Waals surface area contributed by atoms with Crippen molar-refractivity contribution < 1.29 is 15.6 Å². The number of hydrogen-bond donors (Lipinski definition) is 1. The Kier molecular flexibility index (Phi) is 1140. The molecule has 0 aromatic heterocycles. The maximum Gasteiger partial charge on any atom is 0.0854 e. The first-order valence-electron chi connectivity index (χ1n) is 0.169. The minimum atomic E-state index is 0. The SMILES string of the molecule is O.O.OCl.[AlH]. The maximum atomic E-state index is 6.47. The molecule has 5 heteroatoms. The molecule has 0 aromatic rings. The molecule has 0 bridgehead atoms. The Morgan fingerprint density at radius 1 is 1.00 bits per heavy atom. The lowest BCUT2D eigenvalue weighted by atomic mass is 15.9. The zero-order chi connectivity index (χ0) is 2.00. The van der Waals surface area contributed by atoms with Gasteiger partial charge in [0.2, 0.25) is 0 Å². The highest BCUT2D eigenvalue weighted by atomic mass is 35.5. The van der Waals surface area contributed by atoms with E-state index in [2.05, 4.69) is 11.9 Å². The van der Waals surface area contributed by atoms with Gasteiger partial charge >= 0.3 is 0 Å². The van der Waals surface area contributed by atoms with Crippen LogP contribution in [0.2, 0.25) is 0 Å². The van der Waals surface area contributed by atoms with E-state index in [1.54, 1.807) is 0 Å². The highest BCUT2D eigenvalue weighted by molar-refractivity contribution is 6.04. The Balaban J connectivity index is -0.00000000167. The van der Waals surface area contributed by atoms with Gasteiger partial charge in [-0.05, 0) is 0 Å². The normalized spacial score (nSPS) is 1.20. The smallest absolute Gasteiger partial charge is 0.0854 e. The van der Waals surface area contributed by atoms with Crippen molar-refractivity contribution in [2.45, 2.75) is 0 Å². The van der Waals surface area contributed by atoms with Crippen LogP contribution in [0, 0.1) is 0 Å². The zero-order valence-corrected chi connectivity index (χ0v) is 4.70. The number of rotatable bonds is 0. The van der Waals surface area contributed by atoms with Crippen molar-refractivity contribution in [2.24, 2.45) is 0 Å². The third-order valence-corrected chi connectivity index (χ3v) is 0. The molecule has 0 spiro atoms. The van der Waals surface area contributed by atoms with Crippen LogP contribution < -0.4 is 0 Å². The predicted molar refractivity (Wildman–Crippen MR) is 22.4 cm³/mol. The Labute approximate surface area is 45.5 Å². The van der Waals surface area contributed by atoms with Crippen LogP contribution in [0.4, 0.5) is 0 Å². The van der Waals surface area contributed by atoms with E-state index in [0.29, 0.717) is 0 Å². The summed E-state index contributed by atoms with van der Waals surface area (Å²) in [5.74, 6) is 0. The van der Waals surface area contributed by atoms with Crippen molar-refractivity contribution in [3.05, 3.63) is 0 Å². The van der Waals surface area contributed by atoms with Crippen molar-refractivity contribution in [3.8, 4) is 0 Å². The fraction of sp³-hybridized carbons (Fsp3) is 0. The van der Waals surface area contributed by atoms with E-state index in [0.717, 1.165) is 0 Å². The molecule has 0 rings (SSSR count). The van der Waals surface area contributed by atoms with Gasteiger partial charge in [0.1, 0.15) is 0 Å². The summed E-state index contributed by atoms with van der Waals surface area (Å²) in [6, 6.07) is 0. The van der Waals surface area contributed by atoms with Gasteiger partial charge in [-0.15, -0.1) is 0 Å². The van der Waals surface area contributed by atoms with Crippen LogP contribution in [-0.4, -0.2) is 33.0 Å². The lowest BCUT2D eigenvalue weighted by molar-refractivity contribution is 0.632. The molecular formula is H6AlClO3. The summed E-state index contributed by atoms with van der Waals surface area (Å²) in [5.41, 5.74) is 0. The fourth-order valence-corrected chi connectivity index (χ4v) is 0. The quantitative estimate of drug-likeness (QED) is 0.359. The van der Waals surface area contributed by atoms with Crippen LogP contribution in [0.3, 0.4) is 0 Å². The second kappa shape index (κ2) is 131. The van der Waals surface area contributed by atoms with Gasteiger partial charge in [0, 0.05) is 0 Å². The molecule has 0 fully saturated rings. The van der Waals surface area contributed by atoms with Crippen LogP contribution in [0.25, 0.3) is 0 Å². The average Bonchev–Trinajstić information content (AvgIpc) is 1.00. The van der Waals surface area contributed by atoms with Crippen molar-refractivity contribution in [2.75, 3.05) is 0 Å². The summed E-state index contributed by atoms with van der Waals surface area (Å²) >= 11 is 3.64. The summed E-state index contributed by atoms with van der Waals surface area (Å²) in [7, 11) is 0. The minimum absolute atomic E-state index is 0. The van der Waals surface area contributed by atoms with Crippen LogP contribution >= 0.6 is 11.9 Å². The molecule has 0 saturated carbocycles. The Bertz CT molecular complexity index is 6.85. The lowest BCUT2D eigenvalue weighted by Gasteiger charge is -1.13. The van der Waals surface area contributed by atoms with Crippen molar-refractivity contribution in [1.29, 1.82) is 0 Å². The molecular weight excluding hydrogens is 110 g/mol. The molecule has 0 aliphatic carbocycles. The Morgan fingerprint density at radius 3 is 1.00 bits per heavy atom. The van der Waals surface area contributed by atoms with Gasteiger partial charge < -0.3 is 11.0 Å². The molecule has 0 heterocycles. The second-order valence-electron chi connectivity index (χ2n) is 0. The monoisotopic (exact) mass is 116 g/mol. The molecule has 0 unspecified atom stereocenters. The summed E-state index contributed by atoms with van der Waals surface area (Å²) in [4.78, 5) is 0. The summed E-state index contributed by atoms with van der Waals surface area (Å²) < 4.78 is 6.47. The van der Waals surface area contributed by atoms with Gasteiger partial charge in [0.25, 0.3) is 0 Å². The topological polar surface area (TPSA) is 83.2 Å². The molecule has 0 amide bonds. The lowest BCUT2D eigenvalue weighted by Crippen LogP contribution is -0.913. The number of hydrogen-bond acceptors (Lipinski definition) is 1. The van der Waals surface area contributed by atoms with Crippen LogP contribution in [0.5, 0.6) is 0 Å². The molecule has 34 valence electrons. The Morgan fingerprint density at radius 2 is 1.00 bits per heavy atom. The summed E-state index contributed by atoms with van der Waals surface area (Å²) in [6.07, 6.45) is 0. The van der Waals surface area contributed by atoms with Gasteiger partial charge in [-0.3, -0.25) is 4.66 Å². The van der Waals surface area contributed by atoms with E-state index >= 15 is 0 Å². The molecule has 0 aliphatic heterocycles. The largest absolute Gasteiger partial charge is 0.412 e. The standard InChI is InChI=1S/Al.ClHO.2H2O.H/c;1-2;;;/h;2H;2*1H2;. The van der Waals surface area contributed by atoms with E-state index in [-0.39, 0.29) is 28.3 Å². The molecule has 0 aliphatic rings. The van der Waals surface area contributed by atoms with Gasteiger partial charge in [0.15, 0.2) is 0 Å². The third-order valence-electron chi connectivity index (χ3n) is 0. The third kappa shape index (κ3) is 69.6. The first kappa shape index (κ1) is 43.5. The van der Waals surface area contributed by atoms with Gasteiger partial charge in [0.05, 0.1) is 29.2 Å². The van der Waals surface area contributed by atoms with E-state index in [1.807, 2.05) is 0 Å². The molecule has 0 aromatic carbocycles. The molecule has 0 saturated heterocycles. The molecule has 2 radical (unpaired) electrons. The van der Waals surface area contributed by atoms with E-state index in [1.165, 1.54) is 0 Å². The van der Waals surface area contributed by atoms with Crippen LogP contribution in [0.1, 0.15) is 0 Å². The predicted octanol–water partition coefficient (Wildman–Crippen LogP) is -2.17. The number of halogens is 1. The molecule has 5 heavy (non-hydrogen) atoms. The zero-order valence-electron chi connectivity index (χ0n) is 2.53. The fourth-order valence-electron chi connectivity index (χ4n) is 0. The molecule has 5 N–H and O–H groups in total. The first-order valence-corrected chi connectivity index (χ1v) is 0.507. The van der Waals surface area contributed by atoms with Crippen molar-refractivity contribution in [3.63, 3.8) is 0 Å². The van der Waals surface area contributed by atoms with Gasteiger partial charge in [-0.2, -0.15) is 0 Å². The highest BCUT2D eigenvalue weighted by Gasteiger charge is 0.897. The average molecular weight is 116 g/mol. The van der Waals surface area contributed by atoms with E-state index < -0.39 is 0 Å². The van der Waals surface area contributed by atoms with Gasteiger partial charge in [-0.1, -0.05) is 0 Å². The first-order chi connectivity index (χ1) is 1.00. The maximum absolute atomic E-state index is 6.47. The van der Waals surface area contributed by atoms with Gasteiger partial charge in [-0.25, -0.2) is 0 Å². The van der Waals surface area contributed by atoms with Crippen molar-refractivity contribution in [1.82, 2.24) is 0 Å². The highest BCUT2D eigenvalue weighted by Crippen LogP contribution is 1.31. The van der Waals surface area contributed by atoms with Crippen molar-refractivity contribution >= 4 is 29.2 Å².